The summed E-state index contributed by atoms with van der Waals surface area (Å²) in [5.41, 5.74) is 3.99. The van der Waals surface area contributed by atoms with Gasteiger partial charge in [0.2, 0.25) is 0 Å². The molecule has 0 aliphatic carbocycles. The standard InChI is InChI=1S/C13H21ClN4/c1-17-7-8-18(2)12(9-17)13(16-15)10-5-3-4-6-11(10)14/h3-6,12-13,16H,7-9,15H2,1-2H3. The van der Waals surface area contributed by atoms with Crippen LogP contribution in [-0.2, 0) is 0 Å². The first-order chi connectivity index (χ1) is 8.63. The minimum atomic E-state index is 0.0476. The fraction of sp³-hybridized carbons (Fsp3) is 0.538. The maximum absolute atomic E-state index is 6.27. The summed E-state index contributed by atoms with van der Waals surface area (Å²) in [7, 11) is 4.28. The molecular weight excluding hydrogens is 248 g/mol. The number of piperazine rings is 1. The molecule has 1 saturated heterocycles. The molecule has 2 rings (SSSR count). The molecule has 0 saturated carbocycles. The molecule has 2 atom stereocenters. The molecule has 2 unspecified atom stereocenters. The number of likely N-dealkylation sites (N-methyl/N-ethyl adjacent to an activating group) is 2. The van der Waals surface area contributed by atoms with E-state index >= 15 is 0 Å². The largest absolute Gasteiger partial charge is 0.303 e. The van der Waals surface area contributed by atoms with E-state index in [-0.39, 0.29) is 6.04 Å². The molecule has 1 aromatic rings. The molecule has 0 aromatic heterocycles. The van der Waals surface area contributed by atoms with Gasteiger partial charge in [-0.1, -0.05) is 29.8 Å². The maximum atomic E-state index is 6.27. The van der Waals surface area contributed by atoms with Gasteiger partial charge in [0.25, 0.3) is 0 Å². The monoisotopic (exact) mass is 268 g/mol. The third-order valence-corrected chi connectivity index (χ3v) is 4.05. The van der Waals surface area contributed by atoms with Gasteiger partial charge < -0.3 is 4.90 Å². The summed E-state index contributed by atoms with van der Waals surface area (Å²) in [5, 5.41) is 0.766. The molecule has 1 aromatic carbocycles. The lowest BCUT2D eigenvalue weighted by molar-refractivity contribution is 0.0877. The van der Waals surface area contributed by atoms with E-state index in [0.717, 1.165) is 30.2 Å². The van der Waals surface area contributed by atoms with Crippen LogP contribution in [0.15, 0.2) is 24.3 Å². The Kier molecular flexibility index (Phi) is 4.59. The molecule has 100 valence electrons. The van der Waals surface area contributed by atoms with Gasteiger partial charge in [-0.2, -0.15) is 0 Å². The smallest absolute Gasteiger partial charge is 0.0642 e. The van der Waals surface area contributed by atoms with Crippen LogP contribution in [0.5, 0.6) is 0 Å². The normalized spacial score (nSPS) is 24.1. The zero-order chi connectivity index (χ0) is 13.1. The molecule has 5 heteroatoms. The zero-order valence-electron chi connectivity index (χ0n) is 10.9. The predicted molar refractivity (Wildman–Crippen MR) is 75.4 cm³/mol. The lowest BCUT2D eigenvalue weighted by Crippen LogP contribution is -2.56. The quantitative estimate of drug-likeness (QED) is 0.636. The molecule has 1 heterocycles. The van der Waals surface area contributed by atoms with Gasteiger partial charge >= 0.3 is 0 Å². The van der Waals surface area contributed by atoms with E-state index in [0.29, 0.717) is 6.04 Å². The highest BCUT2D eigenvalue weighted by Crippen LogP contribution is 2.28. The molecule has 18 heavy (non-hydrogen) atoms. The Hall–Kier alpha value is -0.650. The summed E-state index contributed by atoms with van der Waals surface area (Å²) in [6.07, 6.45) is 0. The van der Waals surface area contributed by atoms with Crippen LogP contribution in [0, 0.1) is 0 Å². The van der Waals surface area contributed by atoms with Crippen LogP contribution in [0.3, 0.4) is 0 Å². The topological polar surface area (TPSA) is 44.5 Å². The van der Waals surface area contributed by atoms with E-state index in [4.69, 9.17) is 17.4 Å². The minimum absolute atomic E-state index is 0.0476. The van der Waals surface area contributed by atoms with Gasteiger partial charge in [-0.05, 0) is 25.7 Å². The SMILES string of the molecule is CN1CCN(C)C(C(NN)c2ccccc2Cl)C1. The van der Waals surface area contributed by atoms with Crippen molar-refractivity contribution in [3.05, 3.63) is 34.9 Å². The van der Waals surface area contributed by atoms with Gasteiger partial charge in [-0.3, -0.25) is 16.2 Å². The van der Waals surface area contributed by atoms with Gasteiger partial charge in [0.05, 0.1) is 6.04 Å². The van der Waals surface area contributed by atoms with Crippen LogP contribution < -0.4 is 11.3 Å². The highest BCUT2D eigenvalue weighted by molar-refractivity contribution is 6.31. The Labute approximate surface area is 114 Å². The summed E-state index contributed by atoms with van der Waals surface area (Å²) >= 11 is 6.27. The van der Waals surface area contributed by atoms with Crippen LogP contribution >= 0.6 is 11.6 Å². The summed E-state index contributed by atoms with van der Waals surface area (Å²) in [6, 6.07) is 8.26. The highest BCUT2D eigenvalue weighted by atomic mass is 35.5. The number of rotatable bonds is 3. The van der Waals surface area contributed by atoms with Crippen molar-refractivity contribution in [2.75, 3.05) is 33.7 Å². The number of hydrogen-bond acceptors (Lipinski definition) is 4. The van der Waals surface area contributed by atoms with Crippen LogP contribution in [0.25, 0.3) is 0 Å². The van der Waals surface area contributed by atoms with Crippen molar-refractivity contribution in [2.24, 2.45) is 5.84 Å². The first kappa shape index (κ1) is 13.8. The second-order valence-corrected chi connectivity index (χ2v) is 5.38. The van der Waals surface area contributed by atoms with Crippen molar-refractivity contribution in [3.8, 4) is 0 Å². The number of hydrogen-bond donors (Lipinski definition) is 2. The Morgan fingerprint density at radius 1 is 1.33 bits per heavy atom. The van der Waals surface area contributed by atoms with E-state index < -0.39 is 0 Å². The van der Waals surface area contributed by atoms with Crippen molar-refractivity contribution in [1.29, 1.82) is 0 Å². The molecule has 1 aliphatic rings. The molecule has 0 bridgehead atoms. The molecule has 0 radical (unpaired) electrons. The van der Waals surface area contributed by atoms with Crippen molar-refractivity contribution in [2.45, 2.75) is 12.1 Å². The Balaban J connectivity index is 2.25. The molecular formula is C13H21ClN4. The maximum Gasteiger partial charge on any atom is 0.0642 e. The predicted octanol–water partition coefficient (Wildman–Crippen LogP) is 1.09. The summed E-state index contributed by atoms with van der Waals surface area (Å²) in [6.45, 7) is 3.12. The van der Waals surface area contributed by atoms with E-state index in [1.807, 2.05) is 24.3 Å². The van der Waals surface area contributed by atoms with Crippen LogP contribution in [0.2, 0.25) is 5.02 Å². The van der Waals surface area contributed by atoms with E-state index in [1.165, 1.54) is 0 Å². The van der Waals surface area contributed by atoms with E-state index in [9.17, 15) is 0 Å². The number of hydrazine groups is 1. The number of nitrogens with two attached hydrogens (primary N) is 1. The zero-order valence-corrected chi connectivity index (χ0v) is 11.7. The van der Waals surface area contributed by atoms with Gasteiger partial charge in [-0.15, -0.1) is 0 Å². The lowest BCUT2D eigenvalue weighted by atomic mass is 9.97. The number of nitrogens with one attached hydrogen (secondary N) is 1. The first-order valence-electron chi connectivity index (χ1n) is 6.23. The van der Waals surface area contributed by atoms with E-state index in [2.05, 4.69) is 29.3 Å². The summed E-state index contributed by atoms with van der Waals surface area (Å²) in [5.74, 6) is 5.76. The van der Waals surface area contributed by atoms with Gasteiger partial charge in [0, 0.05) is 30.7 Å². The molecule has 4 nitrogen and oxygen atoms in total. The Bertz CT molecular complexity index is 398. The Morgan fingerprint density at radius 3 is 2.72 bits per heavy atom. The highest BCUT2D eigenvalue weighted by Gasteiger charge is 2.31. The van der Waals surface area contributed by atoms with Crippen molar-refractivity contribution >= 4 is 11.6 Å². The molecule has 1 fully saturated rings. The van der Waals surface area contributed by atoms with Crippen LogP contribution in [0.4, 0.5) is 0 Å². The van der Waals surface area contributed by atoms with Crippen LogP contribution in [0.1, 0.15) is 11.6 Å². The van der Waals surface area contributed by atoms with Gasteiger partial charge in [0.15, 0.2) is 0 Å². The van der Waals surface area contributed by atoms with Crippen molar-refractivity contribution in [3.63, 3.8) is 0 Å². The number of halogens is 1. The number of nitrogens with zero attached hydrogens (tertiary/aromatic N) is 2. The third kappa shape index (κ3) is 2.84. The molecule has 3 N–H and O–H groups in total. The van der Waals surface area contributed by atoms with Crippen molar-refractivity contribution in [1.82, 2.24) is 15.2 Å². The average molecular weight is 269 g/mol. The van der Waals surface area contributed by atoms with Gasteiger partial charge in [-0.25, -0.2) is 0 Å². The second-order valence-electron chi connectivity index (χ2n) is 4.98. The van der Waals surface area contributed by atoms with E-state index in [1.54, 1.807) is 0 Å². The number of benzene rings is 1. The molecule has 0 spiro atoms. The lowest BCUT2D eigenvalue weighted by Gasteiger charge is -2.42. The van der Waals surface area contributed by atoms with Crippen molar-refractivity contribution < 1.29 is 0 Å². The first-order valence-corrected chi connectivity index (χ1v) is 6.60. The average Bonchev–Trinajstić information content (AvgIpc) is 2.36. The Morgan fingerprint density at radius 2 is 2.06 bits per heavy atom. The fourth-order valence-corrected chi connectivity index (χ4v) is 2.79. The fourth-order valence-electron chi connectivity index (χ4n) is 2.54. The van der Waals surface area contributed by atoms with Crippen LogP contribution in [-0.4, -0.2) is 49.6 Å². The third-order valence-electron chi connectivity index (χ3n) is 3.70. The second kappa shape index (κ2) is 5.99. The minimum Gasteiger partial charge on any atom is -0.303 e. The summed E-state index contributed by atoms with van der Waals surface area (Å²) in [4.78, 5) is 4.67. The van der Waals surface area contributed by atoms with Gasteiger partial charge in [0.1, 0.15) is 0 Å². The summed E-state index contributed by atoms with van der Waals surface area (Å²) < 4.78 is 0. The molecule has 1 aliphatic heterocycles. The molecule has 0 amide bonds.